The molecule has 4 rings (SSSR count). The summed E-state index contributed by atoms with van der Waals surface area (Å²) in [5.41, 5.74) is -6.00. The van der Waals surface area contributed by atoms with Crippen LogP contribution in [0.25, 0.3) is 0 Å². The molecular formula is C18H16N10O15. The monoisotopic (exact) mass is 612 g/mol. The molecule has 4 aromatic rings. The molecule has 0 fully saturated rings. The van der Waals surface area contributed by atoms with Gasteiger partial charge in [0.15, 0.2) is 0 Å². The van der Waals surface area contributed by atoms with Gasteiger partial charge in [-0.25, -0.2) is 9.97 Å². The van der Waals surface area contributed by atoms with Crippen molar-refractivity contribution in [1.29, 1.82) is 0 Å². The van der Waals surface area contributed by atoms with E-state index in [1.54, 1.807) is 37.4 Å². The van der Waals surface area contributed by atoms with Gasteiger partial charge < -0.3 is 25.7 Å². The Balaban J connectivity index is 0.000000608. The van der Waals surface area contributed by atoms with Crippen molar-refractivity contribution in [2.75, 3.05) is 0 Å². The van der Waals surface area contributed by atoms with E-state index in [1.807, 2.05) is 0 Å². The number of aromatic amines is 2. The van der Waals surface area contributed by atoms with Crippen LogP contribution in [0.3, 0.4) is 0 Å². The van der Waals surface area contributed by atoms with Gasteiger partial charge in [-0.3, -0.25) is 60.7 Å². The average Bonchev–Trinajstić information content (AvgIpc) is 3.68. The molecule has 0 saturated heterocycles. The van der Waals surface area contributed by atoms with Crippen LogP contribution in [0.5, 0.6) is 11.5 Å². The van der Waals surface area contributed by atoms with E-state index in [0.29, 0.717) is 24.3 Å². The maximum absolute atomic E-state index is 10.4. The molecule has 0 aliphatic rings. The SMILES string of the molecule is O.O=[N+]([O-])c1cc([N+](=O)[O-])c(O)c([N+](=O)[O-])c1.O=[N+]([O-])c1cc([N+](=O)[O-])c(O)c([N+](=O)[O-])c1.c1c[nH]cn1.c1c[nH]cn1. The lowest BCUT2D eigenvalue weighted by molar-refractivity contribution is -0.404. The molecule has 0 saturated carbocycles. The Morgan fingerprint density at radius 2 is 0.767 bits per heavy atom. The number of non-ortho nitro benzene ring substituents is 2. The number of hydrogen-bond donors (Lipinski definition) is 4. The summed E-state index contributed by atoms with van der Waals surface area (Å²) >= 11 is 0. The number of imidazole rings is 2. The van der Waals surface area contributed by atoms with E-state index < -0.39 is 75.2 Å². The molecule has 0 unspecified atom stereocenters. The van der Waals surface area contributed by atoms with E-state index in [9.17, 15) is 60.7 Å². The molecule has 25 nitrogen and oxygen atoms in total. The number of hydrogen-bond acceptors (Lipinski definition) is 16. The van der Waals surface area contributed by atoms with Gasteiger partial charge in [0.1, 0.15) is 0 Å². The molecule has 25 heteroatoms. The van der Waals surface area contributed by atoms with Crippen molar-refractivity contribution < 1.29 is 45.2 Å². The predicted molar refractivity (Wildman–Crippen MR) is 137 cm³/mol. The van der Waals surface area contributed by atoms with Crippen LogP contribution in [0.4, 0.5) is 34.1 Å². The normalized spacial score (nSPS) is 9.12. The highest BCUT2D eigenvalue weighted by atomic mass is 16.7. The average molecular weight is 612 g/mol. The molecule has 0 amide bonds. The van der Waals surface area contributed by atoms with Gasteiger partial charge >= 0.3 is 22.7 Å². The van der Waals surface area contributed by atoms with Crippen LogP contribution in [0, 0.1) is 60.7 Å². The second-order valence-electron chi connectivity index (χ2n) is 6.73. The summed E-state index contributed by atoms with van der Waals surface area (Å²) in [6.45, 7) is 0. The number of nitro benzene ring substituents is 6. The van der Waals surface area contributed by atoms with Crippen LogP contribution in [-0.4, -0.2) is 65.2 Å². The highest BCUT2D eigenvalue weighted by Crippen LogP contribution is 2.40. The molecule has 2 heterocycles. The van der Waals surface area contributed by atoms with E-state index in [4.69, 9.17) is 10.2 Å². The molecule has 6 N–H and O–H groups in total. The van der Waals surface area contributed by atoms with E-state index in [2.05, 4.69) is 19.9 Å². The lowest BCUT2D eigenvalue weighted by Crippen LogP contribution is -1.97. The highest BCUT2D eigenvalue weighted by molar-refractivity contribution is 5.65. The Kier molecular flexibility index (Phi) is 13.9. The Bertz CT molecular complexity index is 1350. The van der Waals surface area contributed by atoms with Crippen molar-refractivity contribution in [3.05, 3.63) is 122 Å². The fourth-order valence-corrected chi connectivity index (χ4v) is 2.38. The van der Waals surface area contributed by atoms with Crippen LogP contribution in [-0.2, 0) is 0 Å². The number of phenols is 2. The number of benzene rings is 2. The quantitative estimate of drug-likeness (QED) is 0.179. The van der Waals surface area contributed by atoms with Crippen molar-refractivity contribution in [2.45, 2.75) is 0 Å². The van der Waals surface area contributed by atoms with Crippen molar-refractivity contribution in [3.63, 3.8) is 0 Å². The van der Waals surface area contributed by atoms with Crippen LogP contribution in [0.1, 0.15) is 0 Å². The lowest BCUT2D eigenvalue weighted by atomic mass is 10.2. The third-order valence-electron chi connectivity index (χ3n) is 4.13. The van der Waals surface area contributed by atoms with Gasteiger partial charge in [-0.2, -0.15) is 0 Å². The summed E-state index contributed by atoms with van der Waals surface area (Å²) in [4.78, 5) is 68.4. The maximum Gasteiger partial charge on any atom is 0.324 e. The Morgan fingerprint density at radius 1 is 0.512 bits per heavy atom. The zero-order valence-electron chi connectivity index (χ0n) is 20.6. The molecule has 0 atom stereocenters. The number of H-pyrrole nitrogens is 2. The van der Waals surface area contributed by atoms with E-state index in [0.717, 1.165) is 0 Å². The van der Waals surface area contributed by atoms with Gasteiger partial charge in [0.2, 0.25) is 0 Å². The first-order chi connectivity index (χ1) is 19.7. The zero-order valence-corrected chi connectivity index (χ0v) is 20.6. The van der Waals surface area contributed by atoms with Crippen LogP contribution in [0.15, 0.2) is 61.7 Å². The molecule has 228 valence electrons. The Labute approximate surface area is 233 Å². The van der Waals surface area contributed by atoms with Gasteiger partial charge in [0.25, 0.3) is 22.9 Å². The number of nitro groups is 6. The zero-order chi connectivity index (χ0) is 32.0. The standard InChI is InChI=1S/2C6H3N3O7.2C3H4N2.H2O/c2*10-6-4(8(13)14)1-3(7(11)12)2-5(6)9(15)16;2*1-2-5-3-4-1;/h2*1-2,10H;2*1-3H,(H,4,5);1H2. The van der Waals surface area contributed by atoms with Crippen molar-refractivity contribution in [3.8, 4) is 11.5 Å². The second-order valence-corrected chi connectivity index (χ2v) is 6.73. The molecule has 2 aromatic heterocycles. The Morgan fingerprint density at radius 3 is 0.884 bits per heavy atom. The van der Waals surface area contributed by atoms with E-state index in [1.165, 1.54) is 0 Å². The summed E-state index contributed by atoms with van der Waals surface area (Å²) in [5.74, 6) is -2.42. The van der Waals surface area contributed by atoms with Crippen molar-refractivity contribution in [2.24, 2.45) is 0 Å². The van der Waals surface area contributed by atoms with Gasteiger partial charge in [-0.1, -0.05) is 0 Å². The lowest BCUT2D eigenvalue weighted by Gasteiger charge is -1.97. The molecule has 0 bridgehead atoms. The minimum atomic E-state index is -1.21. The predicted octanol–water partition coefficient (Wildman–Crippen LogP) is 2.23. The third kappa shape index (κ3) is 10.8. The van der Waals surface area contributed by atoms with Crippen LogP contribution < -0.4 is 0 Å². The van der Waals surface area contributed by atoms with Gasteiger partial charge in [-0.05, 0) is 0 Å². The molecule has 0 radical (unpaired) electrons. The van der Waals surface area contributed by atoms with Gasteiger partial charge in [0, 0.05) is 24.8 Å². The fraction of sp³-hybridized carbons (Fsp3) is 0. The maximum atomic E-state index is 10.4. The molecule has 2 aromatic carbocycles. The van der Waals surface area contributed by atoms with E-state index >= 15 is 0 Å². The number of aromatic hydroxyl groups is 2. The molecular weight excluding hydrogens is 596 g/mol. The van der Waals surface area contributed by atoms with Crippen LogP contribution in [0.2, 0.25) is 0 Å². The Hall–Kier alpha value is -7.18. The molecule has 0 aliphatic carbocycles. The number of phenolic OH excluding ortho intramolecular Hbond substituents is 2. The fourth-order valence-electron chi connectivity index (χ4n) is 2.38. The number of nitrogens with one attached hydrogen (secondary N) is 2. The summed E-state index contributed by atoms with van der Waals surface area (Å²) in [7, 11) is 0. The second kappa shape index (κ2) is 16.7. The summed E-state index contributed by atoms with van der Waals surface area (Å²) in [6, 6.07) is 1.79. The largest absolute Gasteiger partial charge is 0.497 e. The number of rotatable bonds is 6. The third-order valence-corrected chi connectivity index (χ3v) is 4.13. The topological polar surface area (TPSA) is 388 Å². The van der Waals surface area contributed by atoms with Crippen molar-refractivity contribution >= 4 is 34.1 Å². The molecule has 43 heavy (non-hydrogen) atoms. The highest BCUT2D eigenvalue weighted by Gasteiger charge is 2.31. The van der Waals surface area contributed by atoms with Gasteiger partial charge in [0.05, 0.1) is 66.5 Å². The molecule has 0 spiro atoms. The van der Waals surface area contributed by atoms with Gasteiger partial charge in [-0.15, -0.1) is 0 Å². The minimum Gasteiger partial charge on any atom is -0.497 e. The first kappa shape index (κ1) is 35.8. The summed E-state index contributed by atoms with van der Waals surface area (Å²) in [5, 5.41) is 80.4. The molecule has 0 aliphatic heterocycles. The number of nitrogens with zero attached hydrogens (tertiary/aromatic N) is 8. The first-order valence-electron chi connectivity index (χ1n) is 10.1. The first-order valence-corrected chi connectivity index (χ1v) is 10.1. The smallest absolute Gasteiger partial charge is 0.324 e. The minimum absolute atomic E-state index is 0. The van der Waals surface area contributed by atoms with E-state index in [-0.39, 0.29) is 5.48 Å². The van der Waals surface area contributed by atoms with Crippen molar-refractivity contribution in [1.82, 2.24) is 19.9 Å². The number of aromatic nitrogens is 4. The summed E-state index contributed by atoms with van der Waals surface area (Å²) in [6.07, 6.45) is 10.2. The summed E-state index contributed by atoms with van der Waals surface area (Å²) < 4.78 is 0. The van der Waals surface area contributed by atoms with Crippen LogP contribution >= 0.6 is 0 Å².